The molecule has 26 heavy (non-hydrogen) atoms. The van der Waals surface area contributed by atoms with E-state index in [0.29, 0.717) is 24.4 Å². The van der Waals surface area contributed by atoms with Gasteiger partial charge < -0.3 is 9.47 Å². The van der Waals surface area contributed by atoms with Gasteiger partial charge in [0.1, 0.15) is 11.4 Å². The molecule has 1 aromatic carbocycles. The lowest BCUT2D eigenvalue weighted by Crippen LogP contribution is -2.60. The smallest absolute Gasteiger partial charge is 0.306 e. The number of hydrogen-bond donors (Lipinski definition) is 0. The first-order valence-corrected chi connectivity index (χ1v) is 9.87. The third-order valence-electron chi connectivity index (χ3n) is 5.98. The minimum atomic E-state index is -0.403. The number of carbonyl (C=O) groups is 1. The average molecular weight is 360 g/mol. The quantitative estimate of drug-likeness (QED) is 0.705. The van der Waals surface area contributed by atoms with Gasteiger partial charge in [-0.15, -0.1) is 0 Å². The molecule has 0 N–H and O–H groups in total. The second-order valence-electron chi connectivity index (χ2n) is 8.96. The number of fused-ring (bicyclic) bond motifs is 2. The standard InChI is InChI=1S/C22H33NO3/c1-15-17-12-18(13-17)23(14-16-6-8-19(25-5)9-7-16)20(15)10-11-21(24)26-22(2,3)4/h6-9,15,17-18,20H,10-14H2,1-5H3/t15-,17?,18?,20+/m0/s1. The van der Waals surface area contributed by atoms with Crippen molar-refractivity contribution in [3.05, 3.63) is 29.8 Å². The normalized spacial score (nSPS) is 28.3. The molecule has 1 aromatic rings. The summed E-state index contributed by atoms with van der Waals surface area (Å²) in [5, 5.41) is 0. The fraction of sp³-hybridized carbons (Fsp3) is 0.682. The lowest BCUT2D eigenvalue weighted by Gasteiger charge is -2.57. The van der Waals surface area contributed by atoms with Crippen molar-refractivity contribution in [2.24, 2.45) is 11.8 Å². The SMILES string of the molecule is COc1ccc(CN2C3CC(C3)[C@H](C)[C@H]2CCC(=O)OC(C)(C)C)cc1. The van der Waals surface area contributed by atoms with Gasteiger partial charge in [-0.05, 0) is 69.6 Å². The van der Waals surface area contributed by atoms with Crippen molar-refractivity contribution in [3.8, 4) is 5.75 Å². The molecule has 1 aliphatic carbocycles. The molecule has 0 amide bonds. The fourth-order valence-corrected chi connectivity index (χ4v) is 4.49. The number of methoxy groups -OCH3 is 1. The Kier molecular flexibility index (Phi) is 5.61. The Bertz CT molecular complexity index is 613. The van der Waals surface area contributed by atoms with Crippen molar-refractivity contribution in [3.63, 3.8) is 0 Å². The summed E-state index contributed by atoms with van der Waals surface area (Å²) in [5.74, 6) is 2.29. The van der Waals surface area contributed by atoms with E-state index in [4.69, 9.17) is 9.47 Å². The number of nitrogens with zero attached hydrogens (tertiary/aromatic N) is 1. The van der Waals surface area contributed by atoms with Crippen LogP contribution in [0.25, 0.3) is 0 Å². The zero-order chi connectivity index (χ0) is 18.9. The van der Waals surface area contributed by atoms with Crippen LogP contribution in [0.1, 0.15) is 58.9 Å². The highest BCUT2D eigenvalue weighted by molar-refractivity contribution is 5.69. The summed E-state index contributed by atoms with van der Waals surface area (Å²) < 4.78 is 10.8. The van der Waals surface area contributed by atoms with Crippen LogP contribution in [-0.2, 0) is 16.1 Å². The minimum Gasteiger partial charge on any atom is -0.497 e. The van der Waals surface area contributed by atoms with Gasteiger partial charge in [0.05, 0.1) is 7.11 Å². The third-order valence-corrected chi connectivity index (χ3v) is 5.98. The van der Waals surface area contributed by atoms with Crippen molar-refractivity contribution in [1.29, 1.82) is 0 Å². The van der Waals surface area contributed by atoms with E-state index >= 15 is 0 Å². The molecule has 4 rings (SSSR count). The molecule has 4 nitrogen and oxygen atoms in total. The van der Waals surface area contributed by atoms with Crippen LogP contribution in [0, 0.1) is 11.8 Å². The van der Waals surface area contributed by atoms with E-state index in [1.807, 2.05) is 32.9 Å². The van der Waals surface area contributed by atoms with Crippen molar-refractivity contribution >= 4 is 5.97 Å². The molecule has 0 spiro atoms. The van der Waals surface area contributed by atoms with E-state index in [0.717, 1.165) is 24.6 Å². The zero-order valence-electron chi connectivity index (χ0n) is 16.8. The molecular weight excluding hydrogens is 326 g/mol. The van der Waals surface area contributed by atoms with Crippen molar-refractivity contribution < 1.29 is 14.3 Å². The van der Waals surface area contributed by atoms with Gasteiger partial charge in [-0.2, -0.15) is 0 Å². The van der Waals surface area contributed by atoms with E-state index in [9.17, 15) is 4.79 Å². The van der Waals surface area contributed by atoms with E-state index < -0.39 is 5.60 Å². The van der Waals surface area contributed by atoms with Gasteiger partial charge >= 0.3 is 5.97 Å². The van der Waals surface area contributed by atoms with Crippen LogP contribution in [0.2, 0.25) is 0 Å². The molecule has 2 atom stereocenters. The minimum absolute atomic E-state index is 0.0756. The van der Waals surface area contributed by atoms with Gasteiger partial charge in [0, 0.05) is 25.0 Å². The Morgan fingerprint density at radius 3 is 2.42 bits per heavy atom. The summed E-state index contributed by atoms with van der Waals surface area (Å²) in [6.45, 7) is 9.10. The summed E-state index contributed by atoms with van der Waals surface area (Å²) in [5.41, 5.74) is 0.908. The summed E-state index contributed by atoms with van der Waals surface area (Å²) in [6, 6.07) is 9.49. The van der Waals surface area contributed by atoms with Crippen molar-refractivity contribution in [1.82, 2.24) is 4.90 Å². The molecule has 0 unspecified atom stereocenters. The summed E-state index contributed by atoms with van der Waals surface area (Å²) in [4.78, 5) is 14.8. The number of rotatable bonds is 6. The number of ether oxygens (including phenoxy) is 2. The van der Waals surface area contributed by atoms with Gasteiger partial charge in [0.15, 0.2) is 0 Å². The van der Waals surface area contributed by atoms with Crippen molar-refractivity contribution in [2.75, 3.05) is 7.11 Å². The summed E-state index contributed by atoms with van der Waals surface area (Å²) >= 11 is 0. The number of piperidine rings is 2. The molecule has 0 radical (unpaired) electrons. The number of carbonyl (C=O) groups excluding carboxylic acids is 1. The highest BCUT2D eigenvalue weighted by Crippen LogP contribution is 2.48. The maximum Gasteiger partial charge on any atom is 0.306 e. The largest absolute Gasteiger partial charge is 0.497 e. The Balaban J connectivity index is 1.64. The second kappa shape index (κ2) is 7.59. The Morgan fingerprint density at radius 2 is 1.85 bits per heavy atom. The van der Waals surface area contributed by atoms with Gasteiger partial charge in [-0.3, -0.25) is 9.69 Å². The highest BCUT2D eigenvalue weighted by atomic mass is 16.6. The van der Waals surface area contributed by atoms with Gasteiger partial charge in [-0.25, -0.2) is 0 Å². The molecular formula is C22H33NO3. The molecule has 144 valence electrons. The number of esters is 1. The van der Waals surface area contributed by atoms with Gasteiger partial charge in [0.25, 0.3) is 0 Å². The Labute approximate surface area is 157 Å². The van der Waals surface area contributed by atoms with Crippen LogP contribution < -0.4 is 4.74 Å². The monoisotopic (exact) mass is 359 g/mol. The first-order chi connectivity index (χ1) is 12.3. The van der Waals surface area contributed by atoms with E-state index in [1.165, 1.54) is 18.4 Å². The van der Waals surface area contributed by atoms with Gasteiger partial charge in [0.2, 0.25) is 0 Å². The van der Waals surface area contributed by atoms with E-state index in [2.05, 4.69) is 24.0 Å². The molecule has 4 heteroatoms. The Morgan fingerprint density at radius 1 is 1.19 bits per heavy atom. The predicted molar refractivity (Wildman–Crippen MR) is 103 cm³/mol. The van der Waals surface area contributed by atoms with E-state index in [-0.39, 0.29) is 5.97 Å². The topological polar surface area (TPSA) is 38.8 Å². The second-order valence-corrected chi connectivity index (χ2v) is 8.96. The van der Waals surface area contributed by atoms with Crippen LogP contribution in [0.15, 0.2) is 24.3 Å². The van der Waals surface area contributed by atoms with Crippen LogP contribution in [-0.4, -0.2) is 35.7 Å². The van der Waals surface area contributed by atoms with Crippen LogP contribution >= 0.6 is 0 Å². The highest BCUT2D eigenvalue weighted by Gasteiger charge is 2.48. The maximum absolute atomic E-state index is 12.2. The number of hydrogen-bond acceptors (Lipinski definition) is 4. The first-order valence-electron chi connectivity index (χ1n) is 9.87. The number of benzene rings is 1. The van der Waals surface area contributed by atoms with Crippen LogP contribution in [0.4, 0.5) is 0 Å². The lowest BCUT2D eigenvalue weighted by atomic mass is 9.64. The molecule has 3 aliphatic rings. The zero-order valence-corrected chi connectivity index (χ0v) is 16.8. The molecule has 1 saturated carbocycles. The van der Waals surface area contributed by atoms with Crippen LogP contribution in [0.5, 0.6) is 5.75 Å². The fourth-order valence-electron chi connectivity index (χ4n) is 4.49. The average Bonchev–Trinajstić information content (AvgIpc) is 2.52. The molecule has 0 aromatic heterocycles. The maximum atomic E-state index is 12.2. The molecule has 2 bridgehead atoms. The van der Waals surface area contributed by atoms with Crippen LogP contribution in [0.3, 0.4) is 0 Å². The van der Waals surface area contributed by atoms with Crippen molar-refractivity contribution in [2.45, 2.75) is 77.6 Å². The molecule has 2 heterocycles. The molecule has 2 saturated heterocycles. The summed E-state index contributed by atoms with van der Waals surface area (Å²) in [6.07, 6.45) is 4.00. The Hall–Kier alpha value is -1.55. The first kappa shape index (κ1) is 19.2. The molecule has 2 aliphatic heterocycles. The predicted octanol–water partition coefficient (Wildman–Crippen LogP) is 4.42. The third kappa shape index (κ3) is 4.40. The lowest BCUT2D eigenvalue weighted by molar-refractivity contribution is -0.156. The van der Waals surface area contributed by atoms with Gasteiger partial charge in [-0.1, -0.05) is 19.1 Å². The van der Waals surface area contributed by atoms with E-state index in [1.54, 1.807) is 7.11 Å². The summed E-state index contributed by atoms with van der Waals surface area (Å²) in [7, 11) is 1.70. The molecule has 3 fully saturated rings.